The Morgan fingerprint density at radius 3 is 2.65 bits per heavy atom. The summed E-state index contributed by atoms with van der Waals surface area (Å²) in [5.41, 5.74) is 2.33. The van der Waals surface area contributed by atoms with Crippen molar-refractivity contribution in [1.82, 2.24) is 30.2 Å². The first-order valence-corrected chi connectivity index (χ1v) is 10.6. The molecule has 3 heterocycles. The van der Waals surface area contributed by atoms with Gasteiger partial charge >= 0.3 is 0 Å². The van der Waals surface area contributed by atoms with Gasteiger partial charge in [-0.2, -0.15) is 10.1 Å². The minimum atomic E-state index is -0.613. The summed E-state index contributed by atoms with van der Waals surface area (Å²) in [6.45, 7) is 4.44. The minimum Gasteiger partial charge on any atom is -0.340 e. The normalized spacial score (nSPS) is 15.4. The molecule has 0 aliphatic heterocycles. The molecule has 0 spiro atoms. The number of fused-ring (bicyclic) bond motifs is 1. The van der Waals surface area contributed by atoms with Gasteiger partial charge in [0.25, 0.3) is 5.91 Å². The standard InChI is InChI=1S/C23H24N6O2/c1-3-29-20-18(14-24-29)17(13-19(26-20)16-9-5-4-6-10-16)21(30)27-23(11-7-8-12-23)22-25-15(2)31-28-22/h4-6,9-10,13-14H,3,7-8,11-12H2,1-2H3,(H,27,30). The molecule has 1 aliphatic carbocycles. The first kappa shape index (κ1) is 19.4. The third kappa shape index (κ3) is 3.37. The number of amides is 1. The molecule has 0 saturated heterocycles. The Kier molecular flexibility index (Phi) is 4.77. The molecule has 31 heavy (non-hydrogen) atoms. The van der Waals surface area contributed by atoms with Crippen molar-refractivity contribution in [3.63, 3.8) is 0 Å². The van der Waals surface area contributed by atoms with Crippen LogP contribution >= 0.6 is 0 Å². The minimum absolute atomic E-state index is 0.176. The molecule has 1 aliphatic rings. The SMILES string of the molecule is CCn1ncc2c(C(=O)NC3(c4noc(C)n4)CCCC3)cc(-c3ccccc3)nc21. The molecule has 0 atom stereocenters. The van der Waals surface area contributed by atoms with Crippen LogP contribution in [0.2, 0.25) is 0 Å². The summed E-state index contributed by atoms with van der Waals surface area (Å²) in [5, 5.41) is 12.5. The Morgan fingerprint density at radius 1 is 1.19 bits per heavy atom. The molecular weight excluding hydrogens is 392 g/mol. The van der Waals surface area contributed by atoms with E-state index in [1.807, 2.05) is 48.0 Å². The van der Waals surface area contributed by atoms with Crippen molar-refractivity contribution in [1.29, 1.82) is 0 Å². The van der Waals surface area contributed by atoms with Crippen LogP contribution in [-0.2, 0) is 12.1 Å². The van der Waals surface area contributed by atoms with Gasteiger partial charge < -0.3 is 9.84 Å². The number of nitrogens with zero attached hydrogens (tertiary/aromatic N) is 5. The number of carbonyl (C=O) groups excluding carboxylic acids is 1. The summed E-state index contributed by atoms with van der Waals surface area (Å²) in [7, 11) is 0. The summed E-state index contributed by atoms with van der Waals surface area (Å²) in [6, 6.07) is 11.7. The lowest BCUT2D eigenvalue weighted by Gasteiger charge is -2.27. The topological polar surface area (TPSA) is 98.7 Å². The van der Waals surface area contributed by atoms with Crippen LogP contribution in [0.1, 0.15) is 54.7 Å². The van der Waals surface area contributed by atoms with E-state index < -0.39 is 5.54 Å². The van der Waals surface area contributed by atoms with Gasteiger partial charge in [0, 0.05) is 19.0 Å². The van der Waals surface area contributed by atoms with Crippen molar-refractivity contribution in [2.24, 2.45) is 0 Å². The number of pyridine rings is 1. The second kappa shape index (κ2) is 7.61. The van der Waals surface area contributed by atoms with Crippen molar-refractivity contribution in [2.75, 3.05) is 0 Å². The zero-order chi connectivity index (χ0) is 21.4. The number of aromatic nitrogens is 5. The number of hydrogen-bond donors (Lipinski definition) is 1. The Morgan fingerprint density at radius 2 is 1.97 bits per heavy atom. The Labute approximate surface area is 179 Å². The number of carbonyl (C=O) groups is 1. The number of rotatable bonds is 5. The van der Waals surface area contributed by atoms with Crippen LogP contribution in [0, 0.1) is 6.92 Å². The molecule has 3 aromatic heterocycles. The third-order valence-electron chi connectivity index (χ3n) is 5.99. The van der Waals surface area contributed by atoms with Crippen LogP contribution in [0.25, 0.3) is 22.3 Å². The molecule has 158 valence electrons. The van der Waals surface area contributed by atoms with Gasteiger partial charge in [0.1, 0.15) is 5.54 Å². The fourth-order valence-corrected chi connectivity index (χ4v) is 4.39. The van der Waals surface area contributed by atoms with Crippen LogP contribution in [-0.4, -0.2) is 30.8 Å². The van der Waals surface area contributed by atoms with Crippen molar-refractivity contribution in [3.05, 3.63) is 59.9 Å². The molecule has 1 N–H and O–H groups in total. The molecule has 0 bridgehead atoms. The number of aryl methyl sites for hydroxylation is 2. The monoisotopic (exact) mass is 416 g/mol. The van der Waals surface area contributed by atoms with Crippen molar-refractivity contribution >= 4 is 16.9 Å². The summed E-state index contributed by atoms with van der Waals surface area (Å²) in [4.78, 5) is 22.9. The zero-order valence-corrected chi connectivity index (χ0v) is 17.6. The van der Waals surface area contributed by atoms with Crippen LogP contribution in [0.5, 0.6) is 0 Å². The van der Waals surface area contributed by atoms with Gasteiger partial charge in [0.05, 0.1) is 22.8 Å². The average Bonchev–Trinajstić information content (AvgIpc) is 3.53. The lowest BCUT2D eigenvalue weighted by Crippen LogP contribution is -2.44. The molecule has 1 fully saturated rings. The zero-order valence-electron chi connectivity index (χ0n) is 17.6. The largest absolute Gasteiger partial charge is 0.340 e. The molecule has 0 radical (unpaired) electrons. The van der Waals surface area contributed by atoms with Gasteiger partial charge in [-0.3, -0.25) is 4.79 Å². The van der Waals surface area contributed by atoms with E-state index in [9.17, 15) is 4.79 Å². The van der Waals surface area contributed by atoms with Crippen LogP contribution in [0.3, 0.4) is 0 Å². The molecule has 8 heteroatoms. The van der Waals surface area contributed by atoms with Crippen LogP contribution in [0.15, 0.2) is 47.1 Å². The third-order valence-corrected chi connectivity index (χ3v) is 5.99. The van der Waals surface area contributed by atoms with Gasteiger partial charge in [-0.1, -0.05) is 48.3 Å². The number of nitrogens with one attached hydrogen (secondary N) is 1. The maximum atomic E-state index is 13.6. The maximum Gasteiger partial charge on any atom is 0.252 e. The van der Waals surface area contributed by atoms with Crippen LogP contribution in [0.4, 0.5) is 0 Å². The maximum absolute atomic E-state index is 13.6. The Bertz CT molecular complexity index is 1240. The molecule has 1 amide bonds. The van der Waals surface area contributed by atoms with E-state index in [1.54, 1.807) is 13.1 Å². The average molecular weight is 416 g/mol. The Hall–Kier alpha value is -3.55. The fourth-order valence-electron chi connectivity index (χ4n) is 4.39. The smallest absolute Gasteiger partial charge is 0.252 e. The lowest BCUT2D eigenvalue weighted by atomic mass is 9.95. The summed E-state index contributed by atoms with van der Waals surface area (Å²) in [5.74, 6) is 0.871. The molecule has 8 nitrogen and oxygen atoms in total. The van der Waals surface area contributed by atoms with Gasteiger partial charge in [-0.15, -0.1) is 0 Å². The van der Waals surface area contributed by atoms with E-state index in [1.165, 1.54) is 0 Å². The molecule has 5 rings (SSSR count). The Balaban J connectivity index is 1.60. The first-order chi connectivity index (χ1) is 15.1. The second-order valence-electron chi connectivity index (χ2n) is 8.00. The van der Waals surface area contributed by atoms with Gasteiger partial charge in [0.15, 0.2) is 11.5 Å². The summed E-state index contributed by atoms with van der Waals surface area (Å²) in [6.07, 6.45) is 5.29. The van der Waals surface area contributed by atoms with E-state index in [0.717, 1.165) is 42.3 Å². The number of benzene rings is 1. The highest BCUT2D eigenvalue weighted by Crippen LogP contribution is 2.38. The molecular formula is C23H24N6O2. The van der Waals surface area contributed by atoms with E-state index in [4.69, 9.17) is 9.51 Å². The second-order valence-corrected chi connectivity index (χ2v) is 8.00. The molecule has 0 unspecified atom stereocenters. The highest BCUT2D eigenvalue weighted by atomic mass is 16.5. The summed E-state index contributed by atoms with van der Waals surface area (Å²) < 4.78 is 7.03. The molecule has 1 saturated carbocycles. The fraction of sp³-hybridized carbons (Fsp3) is 0.348. The van der Waals surface area contributed by atoms with Crippen molar-refractivity contribution in [3.8, 4) is 11.3 Å². The molecule has 1 aromatic carbocycles. The predicted molar refractivity (Wildman–Crippen MR) is 115 cm³/mol. The first-order valence-electron chi connectivity index (χ1n) is 10.6. The van der Waals surface area contributed by atoms with Gasteiger partial charge in [-0.05, 0) is 25.8 Å². The van der Waals surface area contributed by atoms with Crippen molar-refractivity contribution in [2.45, 2.75) is 51.6 Å². The highest BCUT2D eigenvalue weighted by Gasteiger charge is 2.41. The van der Waals surface area contributed by atoms with Crippen molar-refractivity contribution < 1.29 is 9.32 Å². The van der Waals surface area contributed by atoms with Gasteiger partial charge in [0.2, 0.25) is 5.89 Å². The predicted octanol–water partition coefficient (Wildman–Crippen LogP) is 4.01. The van der Waals surface area contributed by atoms with E-state index in [-0.39, 0.29) is 5.91 Å². The highest BCUT2D eigenvalue weighted by molar-refractivity contribution is 6.06. The van der Waals surface area contributed by atoms with Gasteiger partial charge in [-0.25, -0.2) is 9.67 Å². The lowest BCUT2D eigenvalue weighted by molar-refractivity contribution is 0.0893. The summed E-state index contributed by atoms with van der Waals surface area (Å²) >= 11 is 0. The number of hydrogen-bond acceptors (Lipinski definition) is 6. The van der Waals surface area contributed by atoms with E-state index >= 15 is 0 Å². The van der Waals surface area contributed by atoms with Crippen LogP contribution < -0.4 is 5.32 Å². The van der Waals surface area contributed by atoms with E-state index in [0.29, 0.717) is 29.5 Å². The quantitative estimate of drug-likeness (QED) is 0.528. The van der Waals surface area contributed by atoms with E-state index in [2.05, 4.69) is 20.6 Å². The molecule has 4 aromatic rings.